The van der Waals surface area contributed by atoms with Gasteiger partial charge < -0.3 is 9.47 Å². The predicted octanol–water partition coefficient (Wildman–Crippen LogP) is 2.27. The van der Waals surface area contributed by atoms with E-state index in [0.717, 1.165) is 23.5 Å². The first-order chi connectivity index (χ1) is 5.83. The van der Waals surface area contributed by atoms with Crippen molar-refractivity contribution in [3.8, 4) is 11.5 Å². The van der Waals surface area contributed by atoms with Crippen LogP contribution in [0.1, 0.15) is 12.5 Å². The van der Waals surface area contributed by atoms with Gasteiger partial charge in [0.05, 0.1) is 14.2 Å². The van der Waals surface area contributed by atoms with Gasteiger partial charge in [-0.15, -0.1) is 0 Å². The Morgan fingerprint density at radius 1 is 1.08 bits per heavy atom. The Labute approximate surface area is 73.1 Å². The Balaban J connectivity index is 3.13. The lowest BCUT2D eigenvalue weighted by atomic mass is 10.1. The third-order valence-electron chi connectivity index (χ3n) is 1.88. The van der Waals surface area contributed by atoms with Crippen molar-refractivity contribution in [3.05, 3.63) is 23.8 Å². The Kier molecular flexibility index (Phi) is 2.97. The lowest BCUT2D eigenvalue weighted by molar-refractivity contribution is 0.386. The van der Waals surface area contributed by atoms with Crippen molar-refractivity contribution in [1.82, 2.24) is 0 Å². The molecule has 2 nitrogen and oxygen atoms in total. The molecule has 0 amide bonds. The topological polar surface area (TPSA) is 18.5 Å². The fourth-order valence-corrected chi connectivity index (χ4v) is 1.28. The molecule has 0 aromatic heterocycles. The van der Waals surface area contributed by atoms with Gasteiger partial charge in [-0.05, 0) is 18.6 Å². The molecule has 0 atom stereocenters. The molecule has 66 valence electrons. The quantitative estimate of drug-likeness (QED) is 0.685. The SMILES string of the molecule is CCc1c(OC)cccc1OC. The van der Waals surface area contributed by atoms with Gasteiger partial charge in [-0.2, -0.15) is 0 Å². The second-order valence-corrected chi connectivity index (χ2v) is 2.49. The highest BCUT2D eigenvalue weighted by Crippen LogP contribution is 2.28. The summed E-state index contributed by atoms with van der Waals surface area (Å²) in [6.45, 7) is 2.08. The molecule has 0 bridgehead atoms. The van der Waals surface area contributed by atoms with Gasteiger partial charge in [0, 0.05) is 5.56 Å². The third-order valence-corrected chi connectivity index (χ3v) is 1.88. The zero-order valence-corrected chi connectivity index (χ0v) is 7.76. The first-order valence-corrected chi connectivity index (χ1v) is 4.03. The second-order valence-electron chi connectivity index (χ2n) is 2.49. The van der Waals surface area contributed by atoms with E-state index in [2.05, 4.69) is 6.92 Å². The van der Waals surface area contributed by atoms with Crippen molar-refractivity contribution in [2.24, 2.45) is 0 Å². The van der Waals surface area contributed by atoms with Crippen molar-refractivity contribution < 1.29 is 9.47 Å². The summed E-state index contributed by atoms with van der Waals surface area (Å²) in [6, 6.07) is 5.82. The van der Waals surface area contributed by atoms with Crippen molar-refractivity contribution in [2.75, 3.05) is 14.2 Å². The number of hydrogen-bond donors (Lipinski definition) is 0. The fourth-order valence-electron chi connectivity index (χ4n) is 1.28. The molecule has 0 aliphatic heterocycles. The molecule has 0 N–H and O–H groups in total. The first-order valence-electron chi connectivity index (χ1n) is 4.03. The first kappa shape index (κ1) is 8.91. The molecule has 2 heteroatoms. The normalized spacial score (nSPS) is 9.58. The summed E-state index contributed by atoms with van der Waals surface area (Å²) in [5.41, 5.74) is 1.13. The molecule has 0 fully saturated rings. The van der Waals surface area contributed by atoms with Crippen LogP contribution in [-0.2, 0) is 6.42 Å². The van der Waals surface area contributed by atoms with E-state index in [0.29, 0.717) is 0 Å². The summed E-state index contributed by atoms with van der Waals surface area (Å²) in [4.78, 5) is 0. The Bertz CT molecular complexity index is 234. The van der Waals surface area contributed by atoms with Gasteiger partial charge in [0.2, 0.25) is 0 Å². The Morgan fingerprint density at radius 2 is 1.58 bits per heavy atom. The maximum Gasteiger partial charge on any atom is 0.125 e. The van der Waals surface area contributed by atoms with E-state index in [1.807, 2.05) is 18.2 Å². The zero-order valence-electron chi connectivity index (χ0n) is 7.76. The maximum atomic E-state index is 5.20. The largest absolute Gasteiger partial charge is 0.496 e. The fraction of sp³-hybridized carbons (Fsp3) is 0.400. The lowest BCUT2D eigenvalue weighted by Crippen LogP contribution is -1.94. The highest BCUT2D eigenvalue weighted by Gasteiger charge is 2.05. The van der Waals surface area contributed by atoms with Gasteiger partial charge in [-0.25, -0.2) is 0 Å². The standard InChI is InChI=1S/C10H14O2/c1-4-8-9(11-2)6-5-7-10(8)12-3/h5-7H,4H2,1-3H3. The summed E-state index contributed by atoms with van der Waals surface area (Å²) >= 11 is 0. The molecule has 1 rings (SSSR count). The van der Waals surface area contributed by atoms with Crippen LogP contribution in [0.4, 0.5) is 0 Å². The minimum atomic E-state index is 0.900. The monoisotopic (exact) mass is 166 g/mol. The summed E-state index contributed by atoms with van der Waals surface area (Å²) in [5.74, 6) is 1.80. The van der Waals surface area contributed by atoms with Gasteiger partial charge in [0.15, 0.2) is 0 Å². The minimum Gasteiger partial charge on any atom is -0.496 e. The van der Waals surface area contributed by atoms with Gasteiger partial charge in [-0.1, -0.05) is 13.0 Å². The van der Waals surface area contributed by atoms with E-state index in [1.54, 1.807) is 14.2 Å². The average molecular weight is 166 g/mol. The van der Waals surface area contributed by atoms with Gasteiger partial charge in [0.25, 0.3) is 0 Å². The molecule has 0 unspecified atom stereocenters. The van der Waals surface area contributed by atoms with Crippen LogP contribution >= 0.6 is 0 Å². The van der Waals surface area contributed by atoms with Crippen LogP contribution in [0.3, 0.4) is 0 Å². The Morgan fingerprint density at radius 3 is 1.92 bits per heavy atom. The molecule has 0 saturated heterocycles. The van der Waals surface area contributed by atoms with Crippen LogP contribution in [0.25, 0.3) is 0 Å². The molecule has 12 heavy (non-hydrogen) atoms. The predicted molar refractivity (Wildman–Crippen MR) is 48.9 cm³/mol. The summed E-state index contributed by atoms with van der Waals surface area (Å²) in [7, 11) is 3.35. The van der Waals surface area contributed by atoms with E-state index in [-0.39, 0.29) is 0 Å². The number of benzene rings is 1. The van der Waals surface area contributed by atoms with Crippen LogP contribution in [-0.4, -0.2) is 14.2 Å². The molecular formula is C10H14O2. The molecule has 1 aromatic rings. The van der Waals surface area contributed by atoms with Gasteiger partial charge in [0.1, 0.15) is 11.5 Å². The van der Waals surface area contributed by atoms with Crippen molar-refractivity contribution in [3.63, 3.8) is 0 Å². The van der Waals surface area contributed by atoms with E-state index >= 15 is 0 Å². The van der Waals surface area contributed by atoms with Gasteiger partial charge in [-0.3, -0.25) is 0 Å². The van der Waals surface area contributed by atoms with E-state index in [9.17, 15) is 0 Å². The molecule has 0 radical (unpaired) electrons. The molecule has 1 aromatic carbocycles. The zero-order chi connectivity index (χ0) is 8.97. The third kappa shape index (κ3) is 1.52. The lowest BCUT2D eigenvalue weighted by Gasteiger charge is -2.10. The molecular weight excluding hydrogens is 152 g/mol. The van der Waals surface area contributed by atoms with E-state index in [1.165, 1.54) is 0 Å². The molecule has 0 aliphatic rings. The smallest absolute Gasteiger partial charge is 0.125 e. The van der Waals surface area contributed by atoms with Crippen LogP contribution in [0.2, 0.25) is 0 Å². The molecule has 0 heterocycles. The van der Waals surface area contributed by atoms with Crippen molar-refractivity contribution in [2.45, 2.75) is 13.3 Å². The van der Waals surface area contributed by atoms with Crippen LogP contribution in [0.5, 0.6) is 11.5 Å². The molecule has 0 saturated carbocycles. The Hall–Kier alpha value is -1.18. The highest BCUT2D eigenvalue weighted by atomic mass is 16.5. The van der Waals surface area contributed by atoms with Crippen LogP contribution in [0.15, 0.2) is 18.2 Å². The second kappa shape index (κ2) is 4.00. The van der Waals surface area contributed by atoms with Crippen molar-refractivity contribution in [1.29, 1.82) is 0 Å². The van der Waals surface area contributed by atoms with Crippen molar-refractivity contribution >= 4 is 0 Å². The molecule has 0 aliphatic carbocycles. The van der Waals surface area contributed by atoms with E-state index in [4.69, 9.17) is 9.47 Å². The van der Waals surface area contributed by atoms with Crippen LogP contribution < -0.4 is 9.47 Å². The maximum absolute atomic E-state index is 5.20. The van der Waals surface area contributed by atoms with Gasteiger partial charge >= 0.3 is 0 Å². The minimum absolute atomic E-state index is 0.900. The average Bonchev–Trinajstić information content (AvgIpc) is 2.16. The number of rotatable bonds is 3. The summed E-state index contributed by atoms with van der Waals surface area (Å²) < 4.78 is 10.4. The summed E-state index contributed by atoms with van der Waals surface area (Å²) in [5, 5.41) is 0. The number of hydrogen-bond acceptors (Lipinski definition) is 2. The molecule has 0 spiro atoms. The number of ether oxygens (including phenoxy) is 2. The number of methoxy groups -OCH3 is 2. The van der Waals surface area contributed by atoms with Crippen LogP contribution in [0, 0.1) is 0 Å². The summed E-state index contributed by atoms with van der Waals surface area (Å²) in [6.07, 6.45) is 0.924. The van der Waals surface area contributed by atoms with E-state index < -0.39 is 0 Å². The highest BCUT2D eigenvalue weighted by molar-refractivity contribution is 5.44.